The summed E-state index contributed by atoms with van der Waals surface area (Å²) in [6.07, 6.45) is 6.36. The number of benzene rings is 2. The summed E-state index contributed by atoms with van der Waals surface area (Å²) < 4.78 is 12.3. The molecule has 174 valence electrons. The van der Waals surface area contributed by atoms with Crippen LogP contribution in [0.15, 0.2) is 42.6 Å². The molecular weight excluding hydrogens is 416 g/mol. The van der Waals surface area contributed by atoms with Gasteiger partial charge >= 0.3 is 5.97 Å². The first kappa shape index (κ1) is 22.0. The van der Waals surface area contributed by atoms with Crippen LogP contribution in [0.1, 0.15) is 65.7 Å². The van der Waals surface area contributed by atoms with Gasteiger partial charge in [0.1, 0.15) is 5.75 Å². The first-order valence-electron chi connectivity index (χ1n) is 11.8. The lowest BCUT2D eigenvalue weighted by Crippen LogP contribution is -2.40. The highest BCUT2D eigenvalue weighted by atomic mass is 16.5. The van der Waals surface area contributed by atoms with Crippen LogP contribution in [0.2, 0.25) is 0 Å². The van der Waals surface area contributed by atoms with E-state index >= 15 is 0 Å². The minimum Gasteiger partial charge on any atom is -0.496 e. The summed E-state index contributed by atoms with van der Waals surface area (Å²) in [5.41, 5.74) is 4.98. The number of nitrogens with one attached hydrogen (secondary N) is 1. The second-order valence-corrected chi connectivity index (χ2v) is 9.77. The number of H-pyrrole nitrogens is 1. The lowest BCUT2D eigenvalue weighted by molar-refractivity contribution is -0.0658. The molecule has 0 amide bonds. The highest BCUT2D eigenvalue weighted by Gasteiger charge is 2.42. The molecule has 0 unspecified atom stereocenters. The summed E-state index contributed by atoms with van der Waals surface area (Å²) in [6.45, 7) is 5.97. The van der Waals surface area contributed by atoms with Gasteiger partial charge < -0.3 is 19.6 Å². The summed E-state index contributed by atoms with van der Waals surface area (Å²) >= 11 is 0. The van der Waals surface area contributed by atoms with E-state index in [-0.39, 0.29) is 17.7 Å². The average Bonchev–Trinajstić information content (AvgIpc) is 3.32. The minimum absolute atomic E-state index is 0.0437. The fraction of sp³-hybridized carbons (Fsp3) is 0.444. The summed E-state index contributed by atoms with van der Waals surface area (Å²) in [6, 6.07) is 11.7. The minimum atomic E-state index is -0.899. The molecule has 3 aromatic rings. The fourth-order valence-electron chi connectivity index (χ4n) is 5.15. The number of aromatic carboxylic acids is 1. The maximum absolute atomic E-state index is 11.4. The monoisotopic (exact) mass is 448 g/mol. The van der Waals surface area contributed by atoms with E-state index in [4.69, 9.17) is 9.47 Å². The predicted molar refractivity (Wildman–Crippen MR) is 128 cm³/mol. The number of carboxylic acids is 1. The van der Waals surface area contributed by atoms with Crippen LogP contribution in [0.4, 0.5) is 0 Å². The molecule has 1 aliphatic carbocycles. The topological polar surface area (TPSA) is 74.8 Å². The molecule has 2 aliphatic rings. The highest BCUT2D eigenvalue weighted by molar-refractivity contribution is 5.88. The Morgan fingerprint density at radius 3 is 2.67 bits per heavy atom. The maximum Gasteiger partial charge on any atom is 0.335 e. The van der Waals surface area contributed by atoms with Crippen LogP contribution in [-0.4, -0.2) is 46.3 Å². The van der Waals surface area contributed by atoms with Crippen molar-refractivity contribution >= 4 is 16.9 Å². The number of carboxylic acid groups (broad SMARTS) is 1. The van der Waals surface area contributed by atoms with E-state index in [0.29, 0.717) is 5.56 Å². The molecule has 6 heteroatoms. The Labute approximate surface area is 194 Å². The quantitative estimate of drug-likeness (QED) is 0.502. The molecule has 2 N–H and O–H groups in total. The third-order valence-corrected chi connectivity index (χ3v) is 7.31. The molecule has 2 fully saturated rings. The Morgan fingerprint density at radius 1 is 1.24 bits per heavy atom. The van der Waals surface area contributed by atoms with E-state index < -0.39 is 5.97 Å². The number of rotatable bonds is 7. The number of ether oxygens (including phenoxy) is 2. The van der Waals surface area contributed by atoms with Gasteiger partial charge in [0.05, 0.1) is 24.4 Å². The Bertz CT molecular complexity index is 1160. The molecule has 1 aromatic heterocycles. The number of hydrogen-bond acceptors (Lipinski definition) is 4. The third kappa shape index (κ3) is 4.37. The van der Waals surface area contributed by atoms with Gasteiger partial charge in [-0.3, -0.25) is 4.90 Å². The van der Waals surface area contributed by atoms with Crippen LogP contribution >= 0.6 is 0 Å². The zero-order valence-corrected chi connectivity index (χ0v) is 19.6. The SMILES string of the molecule is COc1cc(C)c2[nH]ccc2c1CN1CC[C@@H](OC2(C)CC2)C[C@@H]1c1ccc(C(=O)O)cc1. The molecule has 5 rings (SSSR count). The van der Waals surface area contributed by atoms with E-state index in [1.54, 1.807) is 19.2 Å². The Hall–Kier alpha value is -2.83. The largest absolute Gasteiger partial charge is 0.496 e. The van der Waals surface area contributed by atoms with Crippen molar-refractivity contribution in [3.8, 4) is 5.75 Å². The number of aryl methyl sites for hydroxylation is 1. The molecule has 1 saturated heterocycles. The fourth-order valence-corrected chi connectivity index (χ4v) is 5.15. The molecule has 2 aromatic carbocycles. The van der Waals surface area contributed by atoms with Crippen molar-refractivity contribution in [2.24, 2.45) is 0 Å². The molecule has 6 nitrogen and oxygen atoms in total. The number of aromatic nitrogens is 1. The molecule has 1 aliphatic heterocycles. The second kappa shape index (κ2) is 8.50. The number of methoxy groups -OCH3 is 1. The number of piperidine rings is 1. The van der Waals surface area contributed by atoms with Gasteiger partial charge in [-0.15, -0.1) is 0 Å². The van der Waals surface area contributed by atoms with E-state index in [0.717, 1.165) is 55.6 Å². The lowest BCUT2D eigenvalue weighted by Gasteiger charge is -2.41. The molecular formula is C27H32N2O4. The molecule has 2 heterocycles. The van der Waals surface area contributed by atoms with E-state index in [1.807, 2.05) is 18.3 Å². The van der Waals surface area contributed by atoms with Crippen molar-refractivity contribution in [1.29, 1.82) is 0 Å². The van der Waals surface area contributed by atoms with Gasteiger partial charge in [0.15, 0.2) is 0 Å². The van der Waals surface area contributed by atoms with Crippen LogP contribution in [0.3, 0.4) is 0 Å². The van der Waals surface area contributed by atoms with Crippen LogP contribution < -0.4 is 4.74 Å². The zero-order chi connectivity index (χ0) is 23.2. The summed E-state index contributed by atoms with van der Waals surface area (Å²) in [7, 11) is 1.73. The standard InChI is InChI=1S/C27H32N2O4/c1-17-14-24(32-3)22(21-8-12-28-25(17)21)16-29-13-9-20(33-27(2)10-11-27)15-23(29)18-4-6-19(7-5-18)26(30)31/h4-8,12,14,20,23,28H,9-11,13,15-16H2,1-3H3,(H,30,31)/t20-,23-/m1/s1. The predicted octanol–water partition coefficient (Wildman–Crippen LogP) is 5.46. The highest BCUT2D eigenvalue weighted by Crippen LogP contribution is 2.44. The number of likely N-dealkylation sites (tertiary alicyclic amines) is 1. The van der Waals surface area contributed by atoms with Crippen molar-refractivity contribution in [3.05, 3.63) is 64.8 Å². The van der Waals surface area contributed by atoms with Gasteiger partial charge in [0.25, 0.3) is 0 Å². The molecule has 1 saturated carbocycles. The Balaban J connectivity index is 1.47. The Kier molecular flexibility index (Phi) is 5.67. The van der Waals surface area contributed by atoms with E-state index in [2.05, 4.69) is 35.9 Å². The first-order chi connectivity index (χ1) is 15.9. The lowest BCUT2D eigenvalue weighted by atomic mass is 9.91. The molecule has 0 bridgehead atoms. The molecule has 0 radical (unpaired) electrons. The second-order valence-electron chi connectivity index (χ2n) is 9.77. The van der Waals surface area contributed by atoms with E-state index in [1.165, 1.54) is 16.5 Å². The summed E-state index contributed by atoms with van der Waals surface area (Å²) in [4.78, 5) is 17.2. The zero-order valence-electron chi connectivity index (χ0n) is 19.6. The van der Waals surface area contributed by atoms with Gasteiger partial charge in [0, 0.05) is 41.8 Å². The van der Waals surface area contributed by atoms with Gasteiger partial charge in [-0.25, -0.2) is 4.79 Å². The van der Waals surface area contributed by atoms with Crippen molar-refractivity contribution in [1.82, 2.24) is 9.88 Å². The average molecular weight is 449 g/mol. The summed E-state index contributed by atoms with van der Waals surface area (Å²) in [5, 5.41) is 10.5. The van der Waals surface area contributed by atoms with Crippen LogP contribution in [0, 0.1) is 6.92 Å². The Morgan fingerprint density at radius 2 is 2.00 bits per heavy atom. The maximum atomic E-state index is 11.4. The number of aromatic amines is 1. The van der Waals surface area contributed by atoms with Crippen molar-refractivity contribution < 1.29 is 19.4 Å². The third-order valence-electron chi connectivity index (χ3n) is 7.31. The smallest absolute Gasteiger partial charge is 0.335 e. The molecule has 33 heavy (non-hydrogen) atoms. The van der Waals surface area contributed by atoms with Gasteiger partial charge in [0.2, 0.25) is 0 Å². The van der Waals surface area contributed by atoms with Gasteiger partial charge in [-0.1, -0.05) is 12.1 Å². The van der Waals surface area contributed by atoms with E-state index in [9.17, 15) is 9.90 Å². The van der Waals surface area contributed by atoms with Crippen molar-refractivity contribution in [2.75, 3.05) is 13.7 Å². The number of carbonyl (C=O) groups is 1. The van der Waals surface area contributed by atoms with Crippen molar-refractivity contribution in [3.63, 3.8) is 0 Å². The van der Waals surface area contributed by atoms with Crippen LogP contribution in [-0.2, 0) is 11.3 Å². The number of fused-ring (bicyclic) bond motifs is 1. The normalized spacial score (nSPS) is 22.4. The van der Waals surface area contributed by atoms with Crippen LogP contribution in [0.5, 0.6) is 5.75 Å². The van der Waals surface area contributed by atoms with Crippen LogP contribution in [0.25, 0.3) is 10.9 Å². The molecule has 0 spiro atoms. The van der Waals surface area contributed by atoms with Gasteiger partial charge in [-0.2, -0.15) is 0 Å². The first-order valence-corrected chi connectivity index (χ1v) is 11.8. The molecule has 2 atom stereocenters. The van der Waals surface area contributed by atoms with Crippen molar-refractivity contribution in [2.45, 2.75) is 63.8 Å². The summed E-state index contributed by atoms with van der Waals surface area (Å²) in [5.74, 6) is 0.00704. The number of hydrogen-bond donors (Lipinski definition) is 2. The number of nitrogens with zero attached hydrogens (tertiary/aromatic N) is 1. The van der Waals surface area contributed by atoms with Gasteiger partial charge in [-0.05, 0) is 74.9 Å².